The molecule has 134 valence electrons. The highest BCUT2D eigenvalue weighted by molar-refractivity contribution is 5.92. The Bertz CT molecular complexity index is 971. The quantitative estimate of drug-likeness (QED) is 0.725. The van der Waals surface area contributed by atoms with Crippen molar-refractivity contribution in [3.63, 3.8) is 0 Å². The molecule has 1 aliphatic carbocycles. The smallest absolute Gasteiger partial charge is 0.262 e. The van der Waals surface area contributed by atoms with Crippen LogP contribution in [0.1, 0.15) is 35.3 Å². The summed E-state index contributed by atoms with van der Waals surface area (Å²) in [4.78, 5) is 12.2. The van der Waals surface area contributed by atoms with Crippen molar-refractivity contribution in [3.05, 3.63) is 58.8 Å². The third-order valence-electron chi connectivity index (χ3n) is 4.96. The number of aryl methyl sites for hydroxylation is 4. The van der Waals surface area contributed by atoms with Gasteiger partial charge in [0.2, 0.25) is 0 Å². The lowest BCUT2D eigenvalue weighted by Gasteiger charge is -2.11. The fourth-order valence-electron chi connectivity index (χ4n) is 3.54. The Balaban J connectivity index is 1.45. The largest absolute Gasteiger partial charge is 0.484 e. The van der Waals surface area contributed by atoms with Crippen LogP contribution in [0.2, 0.25) is 0 Å². The van der Waals surface area contributed by atoms with E-state index in [1.807, 2.05) is 50.2 Å². The number of hydrogen-bond donors (Lipinski definition) is 1. The zero-order chi connectivity index (χ0) is 18.1. The fourth-order valence-corrected chi connectivity index (χ4v) is 3.54. The molecule has 0 spiro atoms. The van der Waals surface area contributed by atoms with Crippen molar-refractivity contribution < 1.29 is 13.9 Å². The summed E-state index contributed by atoms with van der Waals surface area (Å²) in [7, 11) is 0. The lowest BCUT2D eigenvalue weighted by molar-refractivity contribution is -0.118. The van der Waals surface area contributed by atoms with Crippen molar-refractivity contribution in [2.45, 2.75) is 39.5 Å². The van der Waals surface area contributed by atoms with E-state index in [9.17, 15) is 4.79 Å². The van der Waals surface area contributed by atoms with E-state index in [1.165, 1.54) is 18.4 Å². The van der Waals surface area contributed by atoms with Crippen LogP contribution in [0, 0.1) is 13.8 Å². The Labute approximate surface area is 153 Å². The molecule has 1 N–H and O–H groups in total. The number of rotatable bonds is 4. The van der Waals surface area contributed by atoms with Crippen LogP contribution in [-0.4, -0.2) is 12.5 Å². The van der Waals surface area contributed by atoms with Crippen LogP contribution in [0.5, 0.6) is 5.75 Å². The molecule has 4 nitrogen and oxygen atoms in total. The molecule has 0 bridgehead atoms. The summed E-state index contributed by atoms with van der Waals surface area (Å²) in [5.41, 5.74) is 5.19. The van der Waals surface area contributed by atoms with Gasteiger partial charge in [0.15, 0.2) is 6.61 Å². The van der Waals surface area contributed by atoms with Gasteiger partial charge in [-0.15, -0.1) is 0 Å². The summed E-state index contributed by atoms with van der Waals surface area (Å²) >= 11 is 0. The van der Waals surface area contributed by atoms with Crippen molar-refractivity contribution in [1.29, 1.82) is 0 Å². The number of carbonyl (C=O) groups excluding carboxylic acids is 1. The predicted octanol–water partition coefficient (Wildman–Crippen LogP) is 4.95. The van der Waals surface area contributed by atoms with Crippen LogP contribution < -0.4 is 10.1 Å². The molecule has 1 amide bonds. The van der Waals surface area contributed by atoms with Gasteiger partial charge in [-0.25, -0.2) is 0 Å². The standard InChI is InChI=1S/C22H23NO3/c1-14-7-8-15(2)19(11-14)23-22(24)13-25-16-9-10-21-18(12-16)17-5-3-4-6-20(17)26-21/h7-12H,3-6,13H2,1-2H3,(H,23,24). The van der Waals surface area contributed by atoms with Gasteiger partial charge >= 0.3 is 0 Å². The molecule has 26 heavy (non-hydrogen) atoms. The molecule has 3 aromatic rings. The zero-order valence-electron chi connectivity index (χ0n) is 15.2. The molecule has 4 rings (SSSR count). The average molecular weight is 349 g/mol. The maximum atomic E-state index is 12.2. The van der Waals surface area contributed by atoms with E-state index in [2.05, 4.69) is 5.32 Å². The summed E-state index contributed by atoms with van der Waals surface area (Å²) in [5.74, 6) is 1.65. The highest BCUT2D eigenvalue weighted by Gasteiger charge is 2.18. The summed E-state index contributed by atoms with van der Waals surface area (Å²) < 4.78 is 11.7. The van der Waals surface area contributed by atoms with Gasteiger partial charge < -0.3 is 14.5 Å². The maximum Gasteiger partial charge on any atom is 0.262 e. The van der Waals surface area contributed by atoms with Crippen LogP contribution >= 0.6 is 0 Å². The van der Waals surface area contributed by atoms with Crippen molar-refractivity contribution >= 4 is 22.6 Å². The minimum absolute atomic E-state index is 0.0149. The number of hydrogen-bond acceptors (Lipinski definition) is 3. The van der Waals surface area contributed by atoms with E-state index in [0.29, 0.717) is 5.75 Å². The SMILES string of the molecule is Cc1ccc(C)c(NC(=O)COc2ccc3oc4c(c3c2)CCCC4)c1. The number of anilines is 1. The molecule has 1 heterocycles. The monoisotopic (exact) mass is 349 g/mol. The third-order valence-corrected chi connectivity index (χ3v) is 4.96. The van der Waals surface area contributed by atoms with E-state index in [1.54, 1.807) is 0 Å². The molecule has 1 aliphatic rings. The van der Waals surface area contributed by atoms with Gasteiger partial charge in [0.1, 0.15) is 17.1 Å². The Morgan fingerprint density at radius 2 is 1.96 bits per heavy atom. The molecule has 0 atom stereocenters. The molecule has 0 fully saturated rings. The van der Waals surface area contributed by atoms with E-state index >= 15 is 0 Å². The van der Waals surface area contributed by atoms with Crippen LogP contribution in [0.25, 0.3) is 11.0 Å². The van der Waals surface area contributed by atoms with E-state index in [4.69, 9.17) is 9.15 Å². The molecule has 0 saturated carbocycles. The Morgan fingerprint density at radius 3 is 2.85 bits per heavy atom. The molecule has 0 aliphatic heterocycles. The lowest BCUT2D eigenvalue weighted by Crippen LogP contribution is -2.20. The topological polar surface area (TPSA) is 51.5 Å². The minimum atomic E-state index is -0.159. The Morgan fingerprint density at radius 1 is 1.12 bits per heavy atom. The summed E-state index contributed by atoms with van der Waals surface area (Å²) in [5, 5.41) is 4.04. The zero-order valence-corrected chi connectivity index (χ0v) is 15.2. The first-order valence-corrected chi connectivity index (χ1v) is 9.14. The first-order chi connectivity index (χ1) is 12.6. The summed E-state index contributed by atoms with van der Waals surface area (Å²) in [6, 6.07) is 11.8. The van der Waals surface area contributed by atoms with E-state index < -0.39 is 0 Å². The highest BCUT2D eigenvalue weighted by atomic mass is 16.5. The van der Waals surface area contributed by atoms with Gasteiger partial charge in [-0.2, -0.15) is 0 Å². The number of furan rings is 1. The molecule has 0 radical (unpaired) electrons. The predicted molar refractivity (Wildman–Crippen MR) is 103 cm³/mol. The Hall–Kier alpha value is -2.75. The van der Waals surface area contributed by atoms with Gasteiger partial charge in [0.25, 0.3) is 5.91 Å². The number of benzene rings is 2. The summed E-state index contributed by atoms with van der Waals surface area (Å²) in [6.07, 6.45) is 4.46. The third kappa shape index (κ3) is 3.32. The van der Waals surface area contributed by atoms with Gasteiger partial charge in [-0.1, -0.05) is 12.1 Å². The molecule has 2 aromatic carbocycles. The number of fused-ring (bicyclic) bond motifs is 3. The van der Waals surface area contributed by atoms with Gasteiger partial charge in [-0.05, 0) is 68.5 Å². The molecular weight excluding hydrogens is 326 g/mol. The maximum absolute atomic E-state index is 12.2. The molecule has 1 aromatic heterocycles. The van der Waals surface area contributed by atoms with Crippen LogP contribution in [-0.2, 0) is 17.6 Å². The molecular formula is C22H23NO3. The van der Waals surface area contributed by atoms with Crippen molar-refractivity contribution in [2.75, 3.05) is 11.9 Å². The second-order valence-electron chi connectivity index (χ2n) is 7.02. The minimum Gasteiger partial charge on any atom is -0.484 e. The normalized spacial score (nSPS) is 13.5. The Kier molecular flexibility index (Phi) is 4.41. The first kappa shape index (κ1) is 16.7. The average Bonchev–Trinajstić information content (AvgIpc) is 3.01. The molecule has 0 unspecified atom stereocenters. The van der Waals surface area contributed by atoms with Crippen LogP contribution in [0.3, 0.4) is 0 Å². The lowest BCUT2D eigenvalue weighted by atomic mass is 9.96. The second-order valence-corrected chi connectivity index (χ2v) is 7.02. The van der Waals surface area contributed by atoms with Crippen LogP contribution in [0.4, 0.5) is 5.69 Å². The number of amides is 1. The first-order valence-electron chi connectivity index (χ1n) is 9.14. The fraction of sp³-hybridized carbons (Fsp3) is 0.318. The van der Waals surface area contributed by atoms with Crippen molar-refractivity contribution in [1.82, 2.24) is 0 Å². The number of carbonyl (C=O) groups is 1. The van der Waals surface area contributed by atoms with Gasteiger partial charge in [0.05, 0.1) is 0 Å². The highest BCUT2D eigenvalue weighted by Crippen LogP contribution is 2.33. The molecule has 0 saturated heterocycles. The second kappa shape index (κ2) is 6.87. The number of nitrogens with one attached hydrogen (secondary N) is 1. The van der Waals surface area contributed by atoms with Gasteiger partial charge in [0, 0.05) is 23.1 Å². The van der Waals surface area contributed by atoms with Crippen LogP contribution in [0.15, 0.2) is 40.8 Å². The summed E-state index contributed by atoms with van der Waals surface area (Å²) in [6.45, 7) is 3.97. The van der Waals surface area contributed by atoms with Gasteiger partial charge in [-0.3, -0.25) is 4.79 Å². The van der Waals surface area contributed by atoms with Crippen molar-refractivity contribution in [3.8, 4) is 5.75 Å². The number of ether oxygens (including phenoxy) is 1. The van der Waals surface area contributed by atoms with E-state index in [-0.39, 0.29) is 12.5 Å². The molecule has 4 heteroatoms. The van der Waals surface area contributed by atoms with Crippen molar-refractivity contribution in [2.24, 2.45) is 0 Å². The van der Waals surface area contributed by atoms with E-state index in [0.717, 1.165) is 46.4 Å².